The van der Waals surface area contributed by atoms with Crippen molar-refractivity contribution in [3.63, 3.8) is 0 Å². The Morgan fingerprint density at radius 3 is 2.52 bits per heavy atom. The van der Waals surface area contributed by atoms with Gasteiger partial charge in [-0.2, -0.15) is 5.10 Å². The van der Waals surface area contributed by atoms with E-state index < -0.39 is 0 Å². The van der Waals surface area contributed by atoms with E-state index >= 15 is 0 Å². The summed E-state index contributed by atoms with van der Waals surface area (Å²) in [6.07, 6.45) is 5.25. The van der Waals surface area contributed by atoms with Gasteiger partial charge in [0.15, 0.2) is 0 Å². The number of thioether (sulfide) groups is 1. The molecule has 0 bridgehead atoms. The van der Waals surface area contributed by atoms with E-state index in [1.807, 2.05) is 36.0 Å². The summed E-state index contributed by atoms with van der Waals surface area (Å²) >= 11 is 1.92. The molecule has 1 N–H and O–H groups in total. The number of anilines is 1. The first-order valence-electron chi connectivity index (χ1n) is 7.74. The highest BCUT2D eigenvalue weighted by atomic mass is 32.2. The van der Waals surface area contributed by atoms with Crippen LogP contribution in [0, 0.1) is 0 Å². The van der Waals surface area contributed by atoms with Crippen LogP contribution in [0.2, 0.25) is 0 Å². The van der Waals surface area contributed by atoms with Gasteiger partial charge in [0.2, 0.25) is 0 Å². The first kappa shape index (κ1) is 15.8. The normalized spacial score (nSPS) is 14.8. The number of rotatable bonds is 4. The Hall–Kier alpha value is -2.08. The molecule has 0 atom stereocenters. The van der Waals surface area contributed by atoms with Crippen LogP contribution in [0.4, 0.5) is 5.69 Å². The van der Waals surface area contributed by atoms with E-state index in [2.05, 4.69) is 10.4 Å². The third-order valence-corrected chi connectivity index (χ3v) is 5.26. The van der Waals surface area contributed by atoms with Gasteiger partial charge in [0.1, 0.15) is 5.69 Å². The quantitative estimate of drug-likeness (QED) is 0.936. The average molecular weight is 329 g/mol. The van der Waals surface area contributed by atoms with Crippen LogP contribution in [0.3, 0.4) is 0 Å². The van der Waals surface area contributed by atoms with Gasteiger partial charge in [0, 0.05) is 28.9 Å². The molecule has 5 nitrogen and oxygen atoms in total. The molecule has 1 amide bonds. The Morgan fingerprint density at radius 2 is 1.87 bits per heavy atom. The fourth-order valence-electron chi connectivity index (χ4n) is 2.63. The predicted molar refractivity (Wildman–Crippen MR) is 92.0 cm³/mol. The van der Waals surface area contributed by atoms with Crippen LogP contribution in [0.1, 0.15) is 36.2 Å². The molecule has 0 unspecified atom stereocenters. The first-order chi connectivity index (χ1) is 11.1. The smallest absolute Gasteiger partial charge is 0.276 e. The Balaban J connectivity index is 1.64. The second-order valence-electron chi connectivity index (χ2n) is 5.68. The van der Waals surface area contributed by atoms with Crippen molar-refractivity contribution in [2.24, 2.45) is 7.05 Å². The summed E-state index contributed by atoms with van der Waals surface area (Å²) in [5, 5.41) is 7.47. The lowest BCUT2D eigenvalue weighted by Crippen LogP contribution is -2.23. The zero-order valence-corrected chi connectivity index (χ0v) is 13.8. The maximum absolute atomic E-state index is 12.1. The standard InChI is InChI=1S/C17H19N3O2S/c1-20-16(21)11-10-15(19-20)17(22)18-12-6-8-14(9-7-12)23-13-4-2-3-5-13/h6-11,13H,2-5H2,1H3,(H,18,22). The number of nitrogens with one attached hydrogen (secondary N) is 1. The molecule has 6 heteroatoms. The SMILES string of the molecule is Cn1nc(C(=O)Nc2ccc(SC3CCCC3)cc2)ccc1=O. The highest BCUT2D eigenvalue weighted by Gasteiger charge is 2.16. The fraction of sp³-hybridized carbons (Fsp3) is 0.353. The van der Waals surface area contributed by atoms with Crippen molar-refractivity contribution in [2.45, 2.75) is 35.8 Å². The second kappa shape index (κ2) is 7.00. The zero-order valence-electron chi connectivity index (χ0n) is 13.0. The van der Waals surface area contributed by atoms with Gasteiger partial charge in [-0.25, -0.2) is 4.68 Å². The molecule has 1 aromatic heterocycles. The van der Waals surface area contributed by atoms with Crippen LogP contribution in [0.15, 0.2) is 46.1 Å². The van der Waals surface area contributed by atoms with Gasteiger partial charge >= 0.3 is 0 Å². The summed E-state index contributed by atoms with van der Waals surface area (Å²) in [6.45, 7) is 0. The van der Waals surface area contributed by atoms with Crippen molar-refractivity contribution in [1.29, 1.82) is 0 Å². The van der Waals surface area contributed by atoms with E-state index in [1.54, 1.807) is 0 Å². The molecule has 0 spiro atoms. The summed E-state index contributed by atoms with van der Waals surface area (Å²) in [5.74, 6) is -0.322. The van der Waals surface area contributed by atoms with E-state index in [4.69, 9.17) is 0 Å². The zero-order chi connectivity index (χ0) is 16.2. The Bertz CT molecular complexity index is 749. The van der Waals surface area contributed by atoms with Crippen molar-refractivity contribution in [3.05, 3.63) is 52.4 Å². The molecule has 1 aliphatic carbocycles. The molecule has 2 aromatic rings. The van der Waals surface area contributed by atoms with E-state index in [0.29, 0.717) is 0 Å². The molecule has 1 fully saturated rings. The van der Waals surface area contributed by atoms with E-state index in [-0.39, 0.29) is 17.2 Å². The third kappa shape index (κ3) is 4.01. The van der Waals surface area contributed by atoms with Gasteiger partial charge < -0.3 is 5.32 Å². The van der Waals surface area contributed by atoms with Crippen molar-refractivity contribution in [2.75, 3.05) is 5.32 Å². The maximum atomic E-state index is 12.1. The highest BCUT2D eigenvalue weighted by Crippen LogP contribution is 2.34. The van der Waals surface area contributed by atoms with Gasteiger partial charge in [-0.1, -0.05) is 12.8 Å². The molecule has 1 heterocycles. The van der Waals surface area contributed by atoms with Crippen LogP contribution >= 0.6 is 11.8 Å². The Labute approximate surface area is 139 Å². The van der Waals surface area contributed by atoms with E-state index in [9.17, 15) is 9.59 Å². The molecule has 1 aliphatic rings. The lowest BCUT2D eigenvalue weighted by molar-refractivity contribution is 0.102. The van der Waals surface area contributed by atoms with Crippen LogP contribution < -0.4 is 10.9 Å². The Kier molecular flexibility index (Phi) is 4.81. The first-order valence-corrected chi connectivity index (χ1v) is 8.62. The molecular formula is C17H19N3O2S. The molecule has 120 valence electrons. The number of nitrogens with zero attached hydrogens (tertiary/aromatic N) is 2. The molecule has 1 saturated carbocycles. The van der Waals surface area contributed by atoms with Gasteiger partial charge in [-0.3, -0.25) is 9.59 Å². The van der Waals surface area contributed by atoms with Crippen LogP contribution in [0.5, 0.6) is 0 Å². The van der Waals surface area contributed by atoms with Gasteiger partial charge in [0.05, 0.1) is 0 Å². The minimum atomic E-state index is -0.322. The van der Waals surface area contributed by atoms with Gasteiger partial charge in [-0.05, 0) is 43.2 Å². The topological polar surface area (TPSA) is 64.0 Å². The number of carbonyl (C=O) groups is 1. The number of carbonyl (C=O) groups excluding carboxylic acids is 1. The molecule has 3 rings (SSSR count). The molecule has 1 aromatic carbocycles. The van der Waals surface area contributed by atoms with Crippen molar-refractivity contribution >= 4 is 23.4 Å². The van der Waals surface area contributed by atoms with E-state index in [1.165, 1.54) is 49.8 Å². The summed E-state index contributed by atoms with van der Waals surface area (Å²) in [7, 11) is 1.52. The van der Waals surface area contributed by atoms with Crippen LogP contribution in [-0.2, 0) is 7.05 Å². The number of hydrogen-bond donors (Lipinski definition) is 1. The predicted octanol–water partition coefficient (Wildman–Crippen LogP) is 3.07. The highest BCUT2D eigenvalue weighted by molar-refractivity contribution is 8.00. The van der Waals surface area contributed by atoms with Crippen LogP contribution in [-0.4, -0.2) is 20.9 Å². The number of aryl methyl sites for hydroxylation is 1. The van der Waals surface area contributed by atoms with E-state index in [0.717, 1.165) is 15.6 Å². The van der Waals surface area contributed by atoms with Crippen molar-refractivity contribution < 1.29 is 4.79 Å². The minimum absolute atomic E-state index is 0.219. The summed E-state index contributed by atoms with van der Waals surface area (Å²) in [5.41, 5.74) is 0.702. The number of benzene rings is 1. The lowest BCUT2D eigenvalue weighted by Gasteiger charge is -2.10. The third-order valence-electron chi connectivity index (χ3n) is 3.91. The van der Waals surface area contributed by atoms with Crippen molar-refractivity contribution in [3.8, 4) is 0 Å². The average Bonchev–Trinajstić information content (AvgIpc) is 3.05. The summed E-state index contributed by atoms with van der Waals surface area (Å²) in [4.78, 5) is 24.7. The Morgan fingerprint density at radius 1 is 1.17 bits per heavy atom. The molecular weight excluding hydrogens is 310 g/mol. The van der Waals surface area contributed by atoms with Crippen molar-refractivity contribution in [1.82, 2.24) is 9.78 Å². The maximum Gasteiger partial charge on any atom is 0.276 e. The molecule has 0 aliphatic heterocycles. The summed E-state index contributed by atoms with van der Waals surface area (Å²) < 4.78 is 1.15. The summed E-state index contributed by atoms with van der Waals surface area (Å²) in [6, 6.07) is 10.6. The van der Waals surface area contributed by atoms with Crippen LogP contribution in [0.25, 0.3) is 0 Å². The number of amides is 1. The number of hydrogen-bond acceptors (Lipinski definition) is 4. The minimum Gasteiger partial charge on any atom is -0.321 e. The molecule has 23 heavy (non-hydrogen) atoms. The fourth-order valence-corrected chi connectivity index (χ4v) is 3.88. The monoisotopic (exact) mass is 329 g/mol. The second-order valence-corrected chi connectivity index (χ2v) is 7.06. The van der Waals surface area contributed by atoms with Gasteiger partial charge in [-0.15, -0.1) is 11.8 Å². The lowest BCUT2D eigenvalue weighted by atomic mass is 10.3. The van der Waals surface area contributed by atoms with Gasteiger partial charge in [0.25, 0.3) is 11.5 Å². The molecule has 0 saturated heterocycles. The number of aromatic nitrogens is 2. The molecule has 0 radical (unpaired) electrons. The largest absolute Gasteiger partial charge is 0.321 e.